The fourth-order valence-electron chi connectivity index (χ4n) is 21.3. The van der Waals surface area contributed by atoms with Crippen molar-refractivity contribution in [3.8, 4) is 102 Å². The number of nitrogens with zero attached hydrogens (tertiary/aromatic N) is 2. The van der Waals surface area contributed by atoms with Crippen LogP contribution in [0.5, 0.6) is 57.5 Å². The number of hydrogen-bond donors (Lipinski definition) is 2. The van der Waals surface area contributed by atoms with E-state index in [-0.39, 0.29) is 22.6 Å². The third-order valence-electron chi connectivity index (χ3n) is 31.7. The van der Waals surface area contributed by atoms with Gasteiger partial charge in [-0.3, -0.25) is 0 Å². The van der Waals surface area contributed by atoms with Gasteiger partial charge in [0.15, 0.2) is 0 Å². The summed E-state index contributed by atoms with van der Waals surface area (Å²) in [5.74, 6) is 6.87. The summed E-state index contributed by atoms with van der Waals surface area (Å²) in [4.78, 5) is 4.37. The molecule has 0 aromatic heterocycles. The largest absolute Gasteiger partial charge is 0.851 e. The average molecular weight is 1990 g/mol. The zero-order chi connectivity index (χ0) is 105. The number of hydrogen-bond acceptors (Lipinski definition) is 14. The van der Waals surface area contributed by atoms with Crippen molar-refractivity contribution in [2.45, 2.75) is 368 Å². The molecule has 0 aliphatic heterocycles. The molecular weight excluding hydrogens is 1810 g/mol. The molecule has 2 N–H and O–H groups in total. The quantitative estimate of drug-likeness (QED) is 0.0370. The van der Waals surface area contributed by atoms with Crippen molar-refractivity contribution in [3.63, 3.8) is 0 Å². The van der Waals surface area contributed by atoms with Crippen molar-refractivity contribution in [1.82, 2.24) is 0 Å². The van der Waals surface area contributed by atoms with E-state index in [1.807, 2.05) is 12.1 Å². The van der Waals surface area contributed by atoms with Crippen LogP contribution in [-0.4, -0.2) is 75.3 Å². The lowest BCUT2D eigenvalue weighted by Gasteiger charge is -2.61. The van der Waals surface area contributed by atoms with Gasteiger partial charge < -0.3 is 68.1 Å². The van der Waals surface area contributed by atoms with Gasteiger partial charge in [0.05, 0.1) is 75.1 Å². The maximum Gasteiger partial charge on any atom is 0.130 e. The molecule has 0 spiro atoms. The van der Waals surface area contributed by atoms with E-state index < -0.39 is 24.0 Å². The highest BCUT2D eigenvalue weighted by atomic mass is 16.5. The number of phenolic OH excluding ortho intramolecular Hbond substituents is 2. The molecule has 1 saturated carbocycles. The molecule has 14 heteroatoms. The summed E-state index contributed by atoms with van der Waals surface area (Å²) in [5.41, 5.74) is 16.4. The van der Waals surface area contributed by atoms with Crippen molar-refractivity contribution < 1.29 is 58.3 Å². The van der Waals surface area contributed by atoms with Gasteiger partial charge >= 0.3 is 0 Å². The SMILES string of the molecule is CCCCC(CC)COc1cccc(OCC(CC)CCCC)c1-c1ccc(N(c2ccc(C3C([O-])C(c4ccc(N(c5ccc(-c6c(OCC(CC)CCCC)cccc6OCC(CC)CCCC)cc5C)c5ccc(-c6c(OCC(CC)CCCC)cccc6OCC(CC)CCCC)cc5C)cc4O)C3[O-])c(O)c2)c2ccc(-c3c(OCC(CC)CCCC)cccc3OCC(CC)CCCC)cc2C)c(C)c1. The Hall–Kier alpha value is -10.3. The van der Waals surface area contributed by atoms with Crippen LogP contribution in [0, 0.1) is 75.0 Å². The standard InChI is InChI=1S/C132H184N2O12/c1-21-37-49-95(29-9)83-139-117-57-45-58-118(140-84-96(30-10)50-38-22-2)125(117)103-65-73-111(91(17)77-103)133(112-74-66-104(78-92(112)18)126-119(141-85-97(31-11)51-39-23-3)59-46-60-120(126)142-86-98(32-12)52-40-24-4)107-69-71-109(115(135)81-107)129-131(137)130(132(129)138)110-72-70-108(82-116(110)136)134(113-75-67-105(79-93(113)19)127-121(143-87-99(33-13)53-41-25-5)61-47-62-122(127)144-88-100(34-14)54-42-26-6)114-76-68-106(80-94(114)20)128-123(145-89-101(35-15)55-43-27-7)63-48-64-124(128)146-90-102(36-16)56-44-28-8/h45-48,57-82,95-102,129-132,135-136H,21-44,49-56,83-90H2,1-20H3/q-2. The van der Waals surface area contributed by atoms with E-state index in [1.54, 1.807) is 24.3 Å². The number of anilines is 6. The third-order valence-corrected chi connectivity index (χ3v) is 31.7. The predicted octanol–water partition coefficient (Wildman–Crippen LogP) is 36.0. The number of benzene rings is 10. The minimum absolute atomic E-state index is 0.165. The van der Waals surface area contributed by atoms with Crippen LogP contribution >= 0.6 is 0 Å². The van der Waals surface area contributed by atoms with Gasteiger partial charge in [0.2, 0.25) is 0 Å². The molecule has 14 nitrogen and oxygen atoms in total. The van der Waals surface area contributed by atoms with Gasteiger partial charge in [0.25, 0.3) is 0 Å². The first-order valence-corrected chi connectivity index (χ1v) is 57.6. The average Bonchev–Trinajstić information content (AvgIpc) is 0.790. The molecule has 0 bridgehead atoms. The zero-order valence-corrected chi connectivity index (χ0v) is 93.4. The fourth-order valence-corrected chi connectivity index (χ4v) is 21.3. The summed E-state index contributed by atoms with van der Waals surface area (Å²) < 4.78 is 55.8. The number of aromatic hydroxyl groups is 2. The van der Waals surface area contributed by atoms with Crippen LogP contribution in [0.3, 0.4) is 0 Å². The summed E-state index contributed by atoms with van der Waals surface area (Å²) in [7, 11) is 0. The third kappa shape index (κ3) is 31.0. The summed E-state index contributed by atoms with van der Waals surface area (Å²) in [6, 6.07) is 62.0. The maximum absolute atomic E-state index is 15.6. The number of phenols is 2. The first-order chi connectivity index (χ1) is 71.1. The van der Waals surface area contributed by atoms with E-state index >= 15 is 10.2 Å². The van der Waals surface area contributed by atoms with Gasteiger partial charge in [-0.05, 0) is 303 Å². The van der Waals surface area contributed by atoms with E-state index in [0.29, 0.717) is 112 Å². The van der Waals surface area contributed by atoms with Crippen LogP contribution in [0.1, 0.15) is 361 Å². The molecule has 796 valence electrons. The van der Waals surface area contributed by atoms with Crippen molar-refractivity contribution in [2.24, 2.45) is 47.3 Å². The van der Waals surface area contributed by atoms with Gasteiger partial charge in [-0.15, -0.1) is 12.2 Å². The molecule has 8 unspecified atom stereocenters. The Morgan fingerprint density at radius 2 is 0.418 bits per heavy atom. The van der Waals surface area contributed by atoms with Crippen molar-refractivity contribution in [3.05, 3.63) is 215 Å². The smallest absolute Gasteiger partial charge is 0.130 e. The number of aryl methyl sites for hydroxylation is 4. The number of ether oxygens (including phenoxy) is 8. The molecule has 0 saturated heterocycles. The lowest BCUT2D eigenvalue weighted by atomic mass is 9.63. The van der Waals surface area contributed by atoms with Crippen LogP contribution in [-0.2, 0) is 0 Å². The lowest BCUT2D eigenvalue weighted by Crippen LogP contribution is -2.63. The molecule has 8 atom stereocenters. The molecule has 1 aliphatic rings. The van der Waals surface area contributed by atoms with Gasteiger partial charge in [-0.25, -0.2) is 0 Å². The molecule has 0 amide bonds. The molecular formula is C132H184N2O12-2. The second kappa shape index (κ2) is 60.4. The van der Waals surface area contributed by atoms with Gasteiger partial charge in [-0.2, -0.15) is 0 Å². The Kier molecular flexibility index (Phi) is 48.0. The Labute approximate surface area is 882 Å². The van der Waals surface area contributed by atoms with Crippen molar-refractivity contribution in [2.75, 3.05) is 62.7 Å². The molecule has 146 heavy (non-hydrogen) atoms. The summed E-state index contributed by atoms with van der Waals surface area (Å²) in [5, 5.41) is 57.0. The normalized spacial score (nSPS) is 15.7. The van der Waals surface area contributed by atoms with Crippen molar-refractivity contribution >= 4 is 34.1 Å². The first-order valence-electron chi connectivity index (χ1n) is 57.6. The van der Waals surface area contributed by atoms with E-state index in [0.717, 1.165) is 341 Å². The van der Waals surface area contributed by atoms with Crippen LogP contribution in [0.4, 0.5) is 34.1 Å². The Bertz CT molecular complexity index is 4790. The predicted molar refractivity (Wildman–Crippen MR) is 610 cm³/mol. The summed E-state index contributed by atoms with van der Waals surface area (Å²) in [6.45, 7) is 49.4. The Morgan fingerprint density at radius 1 is 0.240 bits per heavy atom. The topological polar surface area (TPSA) is 167 Å². The van der Waals surface area contributed by atoms with Crippen molar-refractivity contribution in [1.29, 1.82) is 0 Å². The van der Waals surface area contributed by atoms with Gasteiger partial charge in [0, 0.05) is 46.3 Å². The van der Waals surface area contributed by atoms with Gasteiger partial charge in [-0.1, -0.05) is 326 Å². The highest BCUT2D eigenvalue weighted by molar-refractivity contribution is 5.90. The Morgan fingerprint density at radius 3 is 0.568 bits per heavy atom. The number of rotatable bonds is 68. The second-order valence-electron chi connectivity index (χ2n) is 42.5. The van der Waals surface area contributed by atoms with E-state index in [4.69, 9.17) is 37.9 Å². The number of unbranched alkanes of at least 4 members (excludes halogenated alkanes) is 8. The molecule has 11 rings (SSSR count). The summed E-state index contributed by atoms with van der Waals surface area (Å²) >= 11 is 0. The zero-order valence-electron chi connectivity index (χ0n) is 93.4. The highest BCUT2D eigenvalue weighted by Crippen LogP contribution is 2.55. The minimum Gasteiger partial charge on any atom is -0.851 e. The maximum atomic E-state index is 15.6. The first kappa shape index (κ1) is 116. The summed E-state index contributed by atoms with van der Waals surface area (Å²) in [6.07, 6.45) is 32.1. The van der Waals surface area contributed by atoms with Gasteiger partial charge in [0.1, 0.15) is 57.5 Å². The molecule has 0 heterocycles. The minimum atomic E-state index is -1.53. The van der Waals surface area contributed by atoms with Crippen LogP contribution in [0.25, 0.3) is 44.5 Å². The van der Waals surface area contributed by atoms with Crippen LogP contribution in [0.2, 0.25) is 0 Å². The second-order valence-corrected chi connectivity index (χ2v) is 42.5. The monoisotopic (exact) mass is 1990 g/mol. The fraction of sp³-hybridized carbons (Fsp3) is 0.545. The Balaban J connectivity index is 1.01. The molecule has 1 aliphatic carbocycles. The van der Waals surface area contributed by atoms with E-state index in [9.17, 15) is 10.2 Å². The van der Waals surface area contributed by atoms with E-state index in [1.165, 1.54) is 0 Å². The van der Waals surface area contributed by atoms with E-state index in [2.05, 4.69) is 294 Å². The van der Waals surface area contributed by atoms with Crippen LogP contribution < -0.4 is 57.9 Å². The molecule has 0 radical (unpaired) electrons. The molecule has 1 fully saturated rings. The van der Waals surface area contributed by atoms with Crippen LogP contribution in [0.15, 0.2) is 182 Å². The molecule has 10 aromatic carbocycles. The molecule has 10 aromatic rings. The highest BCUT2D eigenvalue weighted by Gasteiger charge is 2.42. The lowest BCUT2D eigenvalue weighted by molar-refractivity contribution is -0.536.